The summed E-state index contributed by atoms with van der Waals surface area (Å²) in [5.41, 5.74) is 3.08. The van der Waals surface area contributed by atoms with Crippen molar-refractivity contribution in [3.8, 4) is 11.5 Å². The molecule has 1 unspecified atom stereocenters. The van der Waals surface area contributed by atoms with Crippen LogP contribution in [0.3, 0.4) is 0 Å². The third kappa shape index (κ3) is 11.2. The molecule has 10 nitrogen and oxygen atoms in total. The van der Waals surface area contributed by atoms with E-state index in [9.17, 15) is 9.90 Å². The van der Waals surface area contributed by atoms with Gasteiger partial charge in [-0.2, -0.15) is 0 Å². The molecule has 12 heteroatoms. The van der Waals surface area contributed by atoms with Gasteiger partial charge in [-0.1, -0.05) is 18.2 Å². The molecule has 1 aromatic heterocycles. The van der Waals surface area contributed by atoms with Gasteiger partial charge in [0, 0.05) is 101 Å². The Morgan fingerprint density at radius 3 is 2.18 bits per heavy atom. The van der Waals surface area contributed by atoms with E-state index >= 15 is 0 Å². The summed E-state index contributed by atoms with van der Waals surface area (Å²) in [5, 5.41) is 24.7. The Morgan fingerprint density at radius 2 is 1.62 bits per heavy atom. The number of alkyl halides is 1. The number of benzene rings is 2. The van der Waals surface area contributed by atoms with Crippen LogP contribution in [0.5, 0.6) is 11.5 Å². The number of halogens is 1. The maximum atomic E-state index is 13.0. The summed E-state index contributed by atoms with van der Waals surface area (Å²) in [4.78, 5) is 21.0. The smallest absolute Gasteiger partial charge is 0.506 e. The summed E-state index contributed by atoms with van der Waals surface area (Å²) < 4.78 is 5.71. The fourth-order valence-corrected chi connectivity index (χ4v) is 5.38. The summed E-state index contributed by atoms with van der Waals surface area (Å²) in [5.74, 6) is 1.05. The van der Waals surface area contributed by atoms with Gasteiger partial charge >= 0.3 is 16.8 Å². The molecule has 5 rings (SSSR count). The van der Waals surface area contributed by atoms with Crippen molar-refractivity contribution in [2.75, 3.05) is 96.9 Å². The third-order valence-corrected chi connectivity index (χ3v) is 7.84. The number of ether oxygens (including phenoxy) is 1. The van der Waals surface area contributed by atoms with E-state index in [1.54, 1.807) is 29.3 Å². The zero-order valence-electron chi connectivity index (χ0n) is 26.2. The number of hydrogen-bond acceptors (Lipinski definition) is 9. The Morgan fingerprint density at radius 1 is 1.02 bits per heavy atom. The summed E-state index contributed by atoms with van der Waals surface area (Å²) in [6.45, 7) is 10.5. The van der Waals surface area contributed by atoms with Crippen molar-refractivity contribution >= 4 is 40.2 Å². The average Bonchev–Trinajstić information content (AvgIpc) is 3.40. The normalized spacial score (nSPS) is 17.5. The second kappa shape index (κ2) is 19.7. The largest absolute Gasteiger partial charge is 2.00 e. The van der Waals surface area contributed by atoms with E-state index < -0.39 is 0 Å². The number of aromatic hydroxyl groups is 1. The standard InChI is InChI=1S/C25H26ClN3O3.C8H20N4.Co/c1-28(2)12-13-32-19-8-5-17(6-9-19)7-10-23(31)29-16-18(15-26)24-20-4-3-11-27-25(20)22(30)14-21(24)29;1-2-10-5-6-12-8-7-11-4-3-9-1;/h3-11,14,18,30H,12-13,15-16H2,1-2H3;9-12H,1-8H2;/q;;+2/b10-7+;;. The third-order valence-electron chi connectivity index (χ3n) is 7.46. The number of likely N-dealkylation sites (N-methyl/N-ethyl adjacent to an activating group) is 1. The van der Waals surface area contributed by atoms with E-state index in [4.69, 9.17) is 16.3 Å². The Hall–Kier alpha value is -2.74. The van der Waals surface area contributed by atoms with Gasteiger partial charge in [0.05, 0.1) is 5.69 Å². The predicted molar refractivity (Wildman–Crippen MR) is 180 cm³/mol. The summed E-state index contributed by atoms with van der Waals surface area (Å²) in [6, 6.07) is 13.0. The van der Waals surface area contributed by atoms with E-state index in [2.05, 4.69) is 31.2 Å². The number of carbonyl (C=O) groups is 1. The van der Waals surface area contributed by atoms with E-state index in [-0.39, 0.29) is 34.4 Å². The number of nitrogens with one attached hydrogen (secondary N) is 4. The minimum Gasteiger partial charge on any atom is -0.506 e. The van der Waals surface area contributed by atoms with Crippen molar-refractivity contribution in [2.45, 2.75) is 5.92 Å². The van der Waals surface area contributed by atoms with Gasteiger partial charge in [0.15, 0.2) is 0 Å². The van der Waals surface area contributed by atoms with E-state index in [0.29, 0.717) is 30.2 Å². The molecule has 2 aliphatic heterocycles. The first-order valence-corrected chi connectivity index (χ1v) is 15.9. The molecule has 0 spiro atoms. The van der Waals surface area contributed by atoms with E-state index in [0.717, 1.165) is 81.2 Å². The van der Waals surface area contributed by atoms with Gasteiger partial charge < -0.3 is 40.9 Å². The molecule has 1 saturated heterocycles. The van der Waals surface area contributed by atoms with Gasteiger partial charge in [-0.15, -0.1) is 11.6 Å². The number of phenols is 1. The number of fused-ring (bicyclic) bond motifs is 3. The zero-order chi connectivity index (χ0) is 31.1. The number of rotatable bonds is 7. The Bertz CT molecular complexity index is 1320. The molecular weight excluding hydrogens is 637 g/mol. The van der Waals surface area contributed by atoms with Crippen LogP contribution in [0.4, 0.5) is 5.69 Å². The summed E-state index contributed by atoms with van der Waals surface area (Å²) in [7, 11) is 4.01. The SMILES string of the molecule is C1CNCCNCCNCCN1.CN(C)CCOc1ccc(/C=C/C(=O)N2CC(CCl)c3c2cc(O)c2ncccc32)cc1.[Co+2]. The van der Waals surface area contributed by atoms with Crippen LogP contribution in [0.2, 0.25) is 0 Å². The van der Waals surface area contributed by atoms with Crippen LogP contribution in [0.1, 0.15) is 17.0 Å². The maximum absolute atomic E-state index is 13.0. The molecule has 3 heterocycles. The molecule has 1 radical (unpaired) electrons. The van der Waals surface area contributed by atoms with Crippen LogP contribution in [0.15, 0.2) is 54.7 Å². The van der Waals surface area contributed by atoms with Crippen molar-refractivity contribution < 1.29 is 31.4 Å². The van der Waals surface area contributed by atoms with Crippen molar-refractivity contribution in [1.82, 2.24) is 31.2 Å². The quantitative estimate of drug-likeness (QED) is 0.190. The number of nitrogens with zero attached hydrogens (tertiary/aromatic N) is 3. The molecule has 0 aliphatic carbocycles. The molecule has 0 bridgehead atoms. The molecule has 2 aliphatic rings. The molecule has 5 N–H and O–H groups in total. The van der Waals surface area contributed by atoms with Gasteiger partial charge in [0.1, 0.15) is 23.6 Å². The number of hydrogen-bond donors (Lipinski definition) is 5. The van der Waals surface area contributed by atoms with Crippen LogP contribution in [-0.4, -0.2) is 113 Å². The molecule has 245 valence electrons. The molecule has 2 aromatic carbocycles. The molecule has 0 saturated carbocycles. The van der Waals surface area contributed by atoms with Gasteiger partial charge in [0.25, 0.3) is 5.91 Å². The van der Waals surface area contributed by atoms with Crippen LogP contribution in [0.25, 0.3) is 17.0 Å². The number of amides is 1. The average molecular weight is 683 g/mol. The minimum atomic E-state index is -0.159. The number of aromatic nitrogens is 1. The van der Waals surface area contributed by atoms with Crippen LogP contribution >= 0.6 is 11.6 Å². The number of phenolic OH excluding ortho intramolecular Hbond substituents is 1. The second-order valence-electron chi connectivity index (χ2n) is 11.1. The monoisotopic (exact) mass is 682 g/mol. The topological polar surface area (TPSA) is 114 Å². The van der Waals surface area contributed by atoms with E-state index in [1.165, 1.54) is 0 Å². The summed E-state index contributed by atoms with van der Waals surface area (Å²) >= 11 is 6.23. The van der Waals surface area contributed by atoms with Gasteiger partial charge in [-0.3, -0.25) is 9.78 Å². The Kier molecular flexibility index (Phi) is 16.1. The Balaban J connectivity index is 0.000000359. The first kappa shape index (κ1) is 36.7. The predicted octanol–water partition coefficient (Wildman–Crippen LogP) is 2.62. The fourth-order valence-electron chi connectivity index (χ4n) is 5.12. The van der Waals surface area contributed by atoms with Crippen LogP contribution < -0.4 is 30.9 Å². The molecule has 3 aromatic rings. The summed E-state index contributed by atoms with van der Waals surface area (Å²) in [6.07, 6.45) is 4.97. The first-order chi connectivity index (χ1) is 21.5. The molecule has 1 fully saturated rings. The number of anilines is 1. The zero-order valence-corrected chi connectivity index (χ0v) is 27.9. The van der Waals surface area contributed by atoms with Crippen LogP contribution in [0, 0.1) is 0 Å². The minimum absolute atomic E-state index is 0. The van der Waals surface area contributed by atoms with Gasteiger partial charge in [-0.25, -0.2) is 0 Å². The molecular formula is C33H46ClCoN7O3+2. The van der Waals surface area contributed by atoms with Crippen LogP contribution in [-0.2, 0) is 21.6 Å². The molecule has 45 heavy (non-hydrogen) atoms. The van der Waals surface area contributed by atoms with Gasteiger partial charge in [-0.05, 0) is 49.5 Å². The fraction of sp³-hybridized carbons (Fsp3) is 0.455. The maximum Gasteiger partial charge on any atom is 2.00 e. The number of carbonyl (C=O) groups excluding carboxylic acids is 1. The van der Waals surface area contributed by atoms with E-state index in [1.807, 2.05) is 50.5 Å². The van der Waals surface area contributed by atoms with Crippen molar-refractivity contribution in [2.24, 2.45) is 0 Å². The van der Waals surface area contributed by atoms with Crippen molar-refractivity contribution in [3.05, 3.63) is 65.9 Å². The first-order valence-electron chi connectivity index (χ1n) is 15.3. The molecule has 1 amide bonds. The van der Waals surface area contributed by atoms with Crippen molar-refractivity contribution in [1.29, 1.82) is 0 Å². The van der Waals surface area contributed by atoms with Gasteiger partial charge in [0.2, 0.25) is 0 Å². The Labute approximate surface area is 282 Å². The number of pyridine rings is 1. The second-order valence-corrected chi connectivity index (χ2v) is 11.4. The van der Waals surface area contributed by atoms with Crippen molar-refractivity contribution in [3.63, 3.8) is 0 Å². The molecule has 1 atom stereocenters.